The molecule has 0 atom stereocenters. The Morgan fingerprint density at radius 2 is 2.14 bits per heavy atom. The number of aromatic nitrogens is 3. The Balaban J connectivity index is 2.16. The van der Waals surface area contributed by atoms with Gasteiger partial charge in [0.1, 0.15) is 5.76 Å². The van der Waals surface area contributed by atoms with Gasteiger partial charge in [0.05, 0.1) is 23.6 Å². The number of carbonyl (C=O) groups excluding carboxylic acids is 1. The predicted octanol–water partition coefficient (Wildman–Crippen LogP) is 1.82. The van der Waals surface area contributed by atoms with Gasteiger partial charge in [-0.25, -0.2) is 0 Å². The second-order valence-electron chi connectivity index (χ2n) is 5.18. The smallest absolute Gasteiger partial charge is 0.276 e. The Labute approximate surface area is 123 Å². The van der Waals surface area contributed by atoms with Gasteiger partial charge >= 0.3 is 0 Å². The van der Waals surface area contributed by atoms with Crippen molar-refractivity contribution in [1.82, 2.24) is 20.3 Å². The largest absolute Gasteiger partial charge is 0.395 e. The normalized spacial score (nSPS) is 10.9. The first-order chi connectivity index (χ1) is 9.95. The molecule has 0 saturated carbocycles. The molecule has 0 aromatic carbocycles. The van der Waals surface area contributed by atoms with Crippen molar-refractivity contribution in [3.63, 3.8) is 0 Å². The summed E-state index contributed by atoms with van der Waals surface area (Å²) in [6.45, 7) is 6.14. The Morgan fingerprint density at radius 1 is 1.43 bits per heavy atom. The molecule has 0 aliphatic heterocycles. The van der Waals surface area contributed by atoms with Gasteiger partial charge in [0.2, 0.25) is 0 Å². The lowest BCUT2D eigenvalue weighted by molar-refractivity contribution is 0.0779. The first-order valence-corrected chi connectivity index (χ1v) is 6.95. The van der Waals surface area contributed by atoms with Crippen LogP contribution in [0.25, 0.3) is 0 Å². The summed E-state index contributed by atoms with van der Waals surface area (Å²) in [5.41, 5.74) is 9.21. The van der Waals surface area contributed by atoms with Crippen molar-refractivity contribution in [3.8, 4) is 0 Å². The fourth-order valence-corrected chi connectivity index (χ4v) is 2.21. The molecule has 2 heterocycles. The standard InChI is InChI=1S/C14H21N5O2/c1-5-6-11-12(15)13(17-16-11)14(20)19(4)7-10-8(2)18-21-9(10)3/h5-7,15H2,1-4H3,(H,16,17). The number of amides is 1. The number of anilines is 1. The summed E-state index contributed by atoms with van der Waals surface area (Å²) in [5.74, 6) is 0.500. The number of nitrogens with two attached hydrogens (primary N) is 1. The number of hydrogen-bond donors (Lipinski definition) is 2. The summed E-state index contributed by atoms with van der Waals surface area (Å²) in [6.07, 6.45) is 1.72. The lowest BCUT2D eigenvalue weighted by Gasteiger charge is -2.16. The molecule has 1 amide bonds. The first kappa shape index (κ1) is 15.1. The van der Waals surface area contributed by atoms with Crippen LogP contribution in [0.4, 0.5) is 5.69 Å². The molecule has 0 bridgehead atoms. The van der Waals surface area contributed by atoms with Gasteiger partial charge in [-0.2, -0.15) is 5.10 Å². The third kappa shape index (κ3) is 2.91. The molecular weight excluding hydrogens is 270 g/mol. The molecule has 2 aromatic heterocycles. The van der Waals surface area contributed by atoms with Crippen molar-refractivity contribution in [1.29, 1.82) is 0 Å². The van der Waals surface area contributed by atoms with Crippen molar-refractivity contribution in [3.05, 3.63) is 28.4 Å². The van der Waals surface area contributed by atoms with Crippen LogP contribution in [0.15, 0.2) is 4.52 Å². The Bertz CT molecular complexity index is 624. The molecule has 0 saturated heterocycles. The van der Waals surface area contributed by atoms with Crippen LogP contribution in [0, 0.1) is 13.8 Å². The van der Waals surface area contributed by atoms with Gasteiger partial charge in [-0.15, -0.1) is 0 Å². The number of nitrogens with zero attached hydrogens (tertiary/aromatic N) is 3. The van der Waals surface area contributed by atoms with Crippen molar-refractivity contribution < 1.29 is 9.32 Å². The van der Waals surface area contributed by atoms with E-state index in [2.05, 4.69) is 15.4 Å². The zero-order valence-corrected chi connectivity index (χ0v) is 12.9. The highest BCUT2D eigenvalue weighted by Gasteiger charge is 2.22. The maximum Gasteiger partial charge on any atom is 0.276 e. The molecule has 0 spiro atoms. The van der Waals surface area contributed by atoms with Crippen LogP contribution in [0.5, 0.6) is 0 Å². The average Bonchev–Trinajstić information content (AvgIpc) is 2.96. The highest BCUT2D eigenvalue weighted by molar-refractivity contribution is 5.97. The Morgan fingerprint density at radius 3 is 2.71 bits per heavy atom. The molecule has 2 rings (SSSR count). The van der Waals surface area contributed by atoms with Gasteiger partial charge in [0, 0.05) is 12.6 Å². The number of aromatic amines is 1. The van der Waals surface area contributed by atoms with Crippen LogP contribution in [0.2, 0.25) is 0 Å². The number of hydrogen-bond acceptors (Lipinski definition) is 5. The molecule has 0 unspecified atom stereocenters. The molecule has 114 valence electrons. The van der Waals surface area contributed by atoms with Crippen molar-refractivity contribution in [2.24, 2.45) is 0 Å². The van der Waals surface area contributed by atoms with E-state index in [-0.39, 0.29) is 11.6 Å². The van der Waals surface area contributed by atoms with E-state index < -0.39 is 0 Å². The maximum absolute atomic E-state index is 12.4. The molecule has 7 heteroatoms. The molecule has 3 N–H and O–H groups in total. The monoisotopic (exact) mass is 291 g/mol. The minimum Gasteiger partial charge on any atom is -0.395 e. The highest BCUT2D eigenvalue weighted by atomic mass is 16.5. The number of H-pyrrole nitrogens is 1. The van der Waals surface area contributed by atoms with Crippen LogP contribution in [0.1, 0.15) is 46.5 Å². The second-order valence-corrected chi connectivity index (χ2v) is 5.18. The van der Waals surface area contributed by atoms with E-state index in [1.54, 1.807) is 11.9 Å². The Kier molecular flexibility index (Phi) is 4.30. The third-order valence-electron chi connectivity index (χ3n) is 3.51. The molecule has 0 fully saturated rings. The van der Waals surface area contributed by atoms with Crippen LogP contribution in [-0.4, -0.2) is 33.2 Å². The van der Waals surface area contributed by atoms with Crippen molar-refractivity contribution >= 4 is 11.6 Å². The van der Waals surface area contributed by atoms with Gasteiger partial charge < -0.3 is 15.2 Å². The first-order valence-electron chi connectivity index (χ1n) is 6.95. The molecular formula is C14H21N5O2. The molecule has 2 aromatic rings. The Hall–Kier alpha value is -2.31. The van der Waals surface area contributed by atoms with Crippen molar-refractivity contribution in [2.75, 3.05) is 12.8 Å². The number of aryl methyl sites for hydroxylation is 3. The molecule has 0 aliphatic rings. The van der Waals surface area contributed by atoms with E-state index in [1.807, 2.05) is 20.8 Å². The summed E-state index contributed by atoms with van der Waals surface area (Å²) in [4.78, 5) is 14.0. The third-order valence-corrected chi connectivity index (χ3v) is 3.51. The predicted molar refractivity (Wildman–Crippen MR) is 78.8 cm³/mol. The summed E-state index contributed by atoms with van der Waals surface area (Å²) in [7, 11) is 1.71. The highest BCUT2D eigenvalue weighted by Crippen LogP contribution is 2.19. The van der Waals surface area contributed by atoms with Gasteiger partial charge in [-0.1, -0.05) is 18.5 Å². The van der Waals surface area contributed by atoms with E-state index in [9.17, 15) is 4.79 Å². The maximum atomic E-state index is 12.4. The SMILES string of the molecule is CCCc1[nH]nc(C(=O)N(C)Cc2c(C)noc2C)c1N. The number of nitrogen functional groups attached to an aromatic ring is 1. The minimum absolute atomic E-state index is 0.217. The minimum atomic E-state index is -0.217. The number of nitrogens with one attached hydrogen (secondary N) is 1. The fraction of sp³-hybridized carbons (Fsp3) is 0.500. The fourth-order valence-electron chi connectivity index (χ4n) is 2.21. The molecule has 7 nitrogen and oxygen atoms in total. The number of carbonyl (C=O) groups is 1. The average molecular weight is 291 g/mol. The summed E-state index contributed by atoms with van der Waals surface area (Å²) in [6, 6.07) is 0. The lowest BCUT2D eigenvalue weighted by atomic mass is 10.1. The topological polar surface area (TPSA) is 101 Å². The summed E-state index contributed by atoms with van der Waals surface area (Å²) >= 11 is 0. The molecule has 21 heavy (non-hydrogen) atoms. The van der Waals surface area contributed by atoms with Gasteiger partial charge in [0.15, 0.2) is 5.69 Å². The van der Waals surface area contributed by atoms with E-state index >= 15 is 0 Å². The van der Waals surface area contributed by atoms with E-state index in [0.29, 0.717) is 18.0 Å². The van der Waals surface area contributed by atoms with E-state index in [4.69, 9.17) is 10.3 Å². The quantitative estimate of drug-likeness (QED) is 0.875. The van der Waals surface area contributed by atoms with E-state index in [0.717, 1.165) is 29.8 Å². The zero-order valence-electron chi connectivity index (χ0n) is 12.9. The van der Waals surface area contributed by atoms with E-state index in [1.165, 1.54) is 0 Å². The van der Waals surface area contributed by atoms with Gasteiger partial charge in [0.25, 0.3) is 5.91 Å². The summed E-state index contributed by atoms with van der Waals surface area (Å²) < 4.78 is 5.11. The van der Waals surface area contributed by atoms with Gasteiger partial charge in [-0.3, -0.25) is 9.89 Å². The van der Waals surface area contributed by atoms with Crippen LogP contribution in [-0.2, 0) is 13.0 Å². The van der Waals surface area contributed by atoms with Crippen LogP contribution >= 0.6 is 0 Å². The van der Waals surface area contributed by atoms with Crippen molar-refractivity contribution in [2.45, 2.75) is 40.2 Å². The number of rotatable bonds is 5. The van der Waals surface area contributed by atoms with Gasteiger partial charge in [-0.05, 0) is 20.3 Å². The molecule has 0 radical (unpaired) electrons. The zero-order chi connectivity index (χ0) is 15.6. The van der Waals surface area contributed by atoms with Crippen LogP contribution < -0.4 is 5.73 Å². The van der Waals surface area contributed by atoms with Crippen LogP contribution in [0.3, 0.4) is 0 Å². The summed E-state index contributed by atoms with van der Waals surface area (Å²) in [5, 5.41) is 10.8. The lowest BCUT2D eigenvalue weighted by Crippen LogP contribution is -2.27. The second kappa shape index (κ2) is 5.99. The molecule has 0 aliphatic carbocycles.